The molecule has 0 bridgehead atoms. The van der Waals surface area contributed by atoms with Crippen molar-refractivity contribution in [3.8, 4) is 11.3 Å². The van der Waals surface area contributed by atoms with Gasteiger partial charge in [-0.3, -0.25) is 14.2 Å². The third kappa shape index (κ3) is 4.05. The summed E-state index contributed by atoms with van der Waals surface area (Å²) in [6, 6.07) is 14.7. The SMILES string of the molecule is Cc1ccc(CNC(=O)Cn2cnc3onc(-c4ccc(Cl)cc4)c3c2=O)cc1. The van der Waals surface area contributed by atoms with E-state index >= 15 is 0 Å². The van der Waals surface area contributed by atoms with E-state index in [4.69, 9.17) is 16.1 Å². The number of aryl methyl sites for hydroxylation is 1. The zero-order valence-corrected chi connectivity index (χ0v) is 16.3. The predicted octanol–water partition coefficient (Wildman–Crippen LogP) is 3.33. The van der Waals surface area contributed by atoms with Crippen LogP contribution < -0.4 is 10.9 Å². The molecule has 0 unspecified atom stereocenters. The molecule has 4 aromatic rings. The molecular weight excluding hydrogens is 392 g/mol. The van der Waals surface area contributed by atoms with Gasteiger partial charge in [-0.25, -0.2) is 4.98 Å². The van der Waals surface area contributed by atoms with Gasteiger partial charge in [-0.2, -0.15) is 0 Å². The number of hydrogen-bond donors (Lipinski definition) is 1. The molecule has 0 fully saturated rings. The minimum absolute atomic E-state index is 0.122. The Morgan fingerprint density at radius 3 is 2.59 bits per heavy atom. The maximum atomic E-state index is 12.9. The molecule has 2 heterocycles. The molecule has 2 aromatic carbocycles. The van der Waals surface area contributed by atoms with E-state index in [1.165, 1.54) is 10.9 Å². The largest absolute Gasteiger partial charge is 0.350 e. The Bertz CT molecular complexity index is 1230. The topological polar surface area (TPSA) is 90.0 Å². The summed E-state index contributed by atoms with van der Waals surface area (Å²) < 4.78 is 6.42. The molecule has 0 aliphatic rings. The second-order valence-electron chi connectivity index (χ2n) is 6.66. The van der Waals surface area contributed by atoms with Gasteiger partial charge < -0.3 is 9.84 Å². The highest BCUT2D eigenvalue weighted by molar-refractivity contribution is 6.30. The van der Waals surface area contributed by atoms with Crippen molar-refractivity contribution in [3.05, 3.63) is 81.4 Å². The van der Waals surface area contributed by atoms with Crippen LogP contribution in [0.1, 0.15) is 11.1 Å². The van der Waals surface area contributed by atoms with Crippen molar-refractivity contribution < 1.29 is 9.32 Å². The molecule has 0 radical (unpaired) electrons. The minimum Gasteiger partial charge on any atom is -0.350 e. The van der Waals surface area contributed by atoms with Crippen LogP contribution in [0.15, 0.2) is 64.2 Å². The lowest BCUT2D eigenvalue weighted by Crippen LogP contribution is -2.32. The molecule has 146 valence electrons. The molecule has 7 nitrogen and oxygen atoms in total. The Hall–Kier alpha value is -3.45. The van der Waals surface area contributed by atoms with Crippen molar-refractivity contribution >= 4 is 28.6 Å². The maximum absolute atomic E-state index is 12.9. The van der Waals surface area contributed by atoms with E-state index in [1.54, 1.807) is 24.3 Å². The highest BCUT2D eigenvalue weighted by Crippen LogP contribution is 2.25. The molecule has 0 spiro atoms. The Morgan fingerprint density at radius 2 is 1.86 bits per heavy atom. The van der Waals surface area contributed by atoms with Crippen molar-refractivity contribution in [1.82, 2.24) is 20.0 Å². The van der Waals surface area contributed by atoms with E-state index in [-0.39, 0.29) is 23.6 Å². The number of carbonyl (C=O) groups excluding carboxylic acids is 1. The zero-order valence-electron chi connectivity index (χ0n) is 15.6. The number of nitrogens with zero attached hydrogens (tertiary/aromatic N) is 3. The number of halogens is 1. The van der Waals surface area contributed by atoms with Crippen LogP contribution in [0, 0.1) is 6.92 Å². The van der Waals surface area contributed by atoms with Gasteiger partial charge in [-0.05, 0) is 24.6 Å². The van der Waals surface area contributed by atoms with Gasteiger partial charge in [0.05, 0.1) is 0 Å². The van der Waals surface area contributed by atoms with Gasteiger partial charge in [0.2, 0.25) is 5.91 Å². The first-order valence-corrected chi connectivity index (χ1v) is 9.32. The van der Waals surface area contributed by atoms with Gasteiger partial charge >= 0.3 is 0 Å². The number of carbonyl (C=O) groups is 1. The van der Waals surface area contributed by atoms with Crippen LogP contribution in [0.4, 0.5) is 0 Å². The van der Waals surface area contributed by atoms with Crippen LogP contribution in [0.3, 0.4) is 0 Å². The monoisotopic (exact) mass is 408 g/mol. The quantitative estimate of drug-likeness (QED) is 0.547. The Balaban J connectivity index is 1.56. The molecule has 8 heteroatoms. The van der Waals surface area contributed by atoms with Gasteiger partial charge in [0, 0.05) is 17.1 Å². The van der Waals surface area contributed by atoms with Crippen molar-refractivity contribution in [2.75, 3.05) is 0 Å². The maximum Gasteiger partial charge on any atom is 0.267 e. The molecule has 0 atom stereocenters. The average molecular weight is 409 g/mol. The fourth-order valence-electron chi connectivity index (χ4n) is 2.92. The van der Waals surface area contributed by atoms with Crippen LogP contribution in [-0.2, 0) is 17.9 Å². The summed E-state index contributed by atoms with van der Waals surface area (Å²) in [4.78, 5) is 29.3. The van der Waals surface area contributed by atoms with Crippen LogP contribution in [0.2, 0.25) is 5.02 Å². The molecule has 0 aliphatic carbocycles. The molecule has 4 rings (SSSR count). The number of amides is 1. The second-order valence-corrected chi connectivity index (χ2v) is 7.09. The Labute approximate surface area is 170 Å². The molecule has 0 aliphatic heterocycles. The molecule has 29 heavy (non-hydrogen) atoms. The van der Waals surface area contributed by atoms with E-state index < -0.39 is 5.56 Å². The van der Waals surface area contributed by atoms with Crippen molar-refractivity contribution in [3.63, 3.8) is 0 Å². The van der Waals surface area contributed by atoms with Gasteiger partial charge in [-0.1, -0.05) is 58.7 Å². The lowest BCUT2D eigenvalue weighted by Gasteiger charge is -2.07. The molecular formula is C21H17ClN4O3. The molecule has 1 amide bonds. The highest BCUT2D eigenvalue weighted by Gasteiger charge is 2.18. The second kappa shape index (κ2) is 7.89. The van der Waals surface area contributed by atoms with Crippen molar-refractivity contribution in [2.45, 2.75) is 20.0 Å². The number of aromatic nitrogens is 3. The van der Waals surface area contributed by atoms with E-state index in [0.29, 0.717) is 22.8 Å². The smallest absolute Gasteiger partial charge is 0.267 e. The van der Waals surface area contributed by atoms with E-state index in [9.17, 15) is 9.59 Å². The molecule has 2 aromatic heterocycles. The van der Waals surface area contributed by atoms with Crippen molar-refractivity contribution in [2.24, 2.45) is 0 Å². The summed E-state index contributed by atoms with van der Waals surface area (Å²) in [6.07, 6.45) is 1.28. The average Bonchev–Trinajstić information content (AvgIpc) is 3.15. The van der Waals surface area contributed by atoms with Crippen LogP contribution in [-0.4, -0.2) is 20.6 Å². The van der Waals surface area contributed by atoms with E-state index in [2.05, 4.69) is 15.5 Å². The fourth-order valence-corrected chi connectivity index (χ4v) is 3.04. The number of nitrogens with one attached hydrogen (secondary N) is 1. The van der Waals surface area contributed by atoms with Crippen molar-refractivity contribution in [1.29, 1.82) is 0 Å². The third-order valence-corrected chi connectivity index (χ3v) is 4.76. The number of rotatable bonds is 5. The molecule has 0 saturated carbocycles. The summed E-state index contributed by atoms with van der Waals surface area (Å²) in [5.74, 6) is -0.293. The van der Waals surface area contributed by atoms with E-state index in [1.807, 2.05) is 31.2 Å². The number of fused-ring (bicyclic) bond motifs is 1. The van der Waals surface area contributed by atoms with E-state index in [0.717, 1.165) is 11.1 Å². The van der Waals surface area contributed by atoms with Gasteiger partial charge in [0.15, 0.2) is 0 Å². The summed E-state index contributed by atoms with van der Waals surface area (Å²) in [5.41, 5.74) is 2.89. The minimum atomic E-state index is -0.397. The normalized spacial score (nSPS) is 11.0. The lowest BCUT2D eigenvalue weighted by molar-refractivity contribution is -0.121. The Kier molecular flexibility index (Phi) is 5.14. The van der Waals surface area contributed by atoms with Gasteiger partial charge in [-0.15, -0.1) is 0 Å². The summed E-state index contributed by atoms with van der Waals surface area (Å²) in [6.45, 7) is 2.23. The molecule has 1 N–H and O–H groups in total. The fraction of sp³-hybridized carbons (Fsp3) is 0.143. The first kappa shape index (κ1) is 18.9. The number of hydrogen-bond acceptors (Lipinski definition) is 5. The first-order chi connectivity index (χ1) is 14.0. The Morgan fingerprint density at radius 1 is 1.14 bits per heavy atom. The summed E-state index contributed by atoms with van der Waals surface area (Å²) in [7, 11) is 0. The predicted molar refractivity (Wildman–Crippen MR) is 110 cm³/mol. The summed E-state index contributed by atoms with van der Waals surface area (Å²) >= 11 is 5.92. The number of benzene rings is 2. The standard InChI is InChI=1S/C21H17ClN4O3/c1-13-2-4-14(5-3-13)10-23-17(27)11-26-12-24-20-18(21(26)28)19(25-29-20)15-6-8-16(22)9-7-15/h2-9,12H,10-11H2,1H3,(H,23,27). The third-order valence-electron chi connectivity index (χ3n) is 4.51. The van der Waals surface area contributed by atoms with Crippen LogP contribution >= 0.6 is 11.6 Å². The van der Waals surface area contributed by atoms with Crippen LogP contribution in [0.25, 0.3) is 22.4 Å². The highest BCUT2D eigenvalue weighted by atomic mass is 35.5. The van der Waals surface area contributed by atoms with Gasteiger partial charge in [0.1, 0.15) is 24.0 Å². The summed E-state index contributed by atoms with van der Waals surface area (Å²) in [5, 5.41) is 7.57. The lowest BCUT2D eigenvalue weighted by atomic mass is 10.1. The first-order valence-electron chi connectivity index (χ1n) is 8.94. The van der Waals surface area contributed by atoms with Crippen LogP contribution in [0.5, 0.6) is 0 Å². The zero-order chi connectivity index (χ0) is 20.4. The molecule has 0 saturated heterocycles. The van der Waals surface area contributed by atoms with Gasteiger partial charge in [0.25, 0.3) is 11.3 Å².